The van der Waals surface area contributed by atoms with E-state index in [4.69, 9.17) is 14.2 Å². The van der Waals surface area contributed by atoms with Gasteiger partial charge in [0, 0.05) is 30.0 Å². The van der Waals surface area contributed by atoms with Gasteiger partial charge in [0.05, 0.1) is 21.3 Å². The monoisotopic (exact) mass is 414 g/mol. The Morgan fingerprint density at radius 2 is 1.37 bits per heavy atom. The Labute approximate surface area is 175 Å². The largest absolute Gasteiger partial charge is 0.497 e. The fraction of sp³-hybridized carbons (Fsp3) is 0.348. The van der Waals surface area contributed by atoms with E-state index in [0.29, 0.717) is 35.5 Å². The molecule has 2 aromatic rings. The molecule has 0 aliphatic rings. The number of esters is 2. The molecule has 30 heavy (non-hydrogen) atoms. The van der Waals surface area contributed by atoms with Crippen molar-refractivity contribution in [2.75, 3.05) is 21.3 Å². The average Bonchev–Trinajstić information content (AvgIpc) is 2.79. The topological polar surface area (TPSA) is 88.1 Å². The lowest BCUT2D eigenvalue weighted by Gasteiger charge is -2.19. The van der Waals surface area contributed by atoms with E-state index in [0.717, 1.165) is 0 Å². The Morgan fingerprint density at radius 1 is 0.800 bits per heavy atom. The van der Waals surface area contributed by atoms with Crippen molar-refractivity contribution in [3.63, 3.8) is 0 Å². The molecule has 0 radical (unpaired) electrons. The maximum absolute atomic E-state index is 13.1. The van der Waals surface area contributed by atoms with Gasteiger partial charge in [-0.05, 0) is 25.0 Å². The highest BCUT2D eigenvalue weighted by Crippen LogP contribution is 2.31. The van der Waals surface area contributed by atoms with Crippen LogP contribution in [-0.4, -0.2) is 39.1 Å². The highest BCUT2D eigenvalue weighted by Gasteiger charge is 2.27. The van der Waals surface area contributed by atoms with Crippen molar-refractivity contribution in [3.05, 3.63) is 59.7 Å². The first-order valence-corrected chi connectivity index (χ1v) is 9.57. The molecule has 1 atom stereocenters. The molecule has 0 amide bonds. The molecule has 0 aliphatic carbocycles. The minimum atomic E-state index is -1.15. The van der Waals surface area contributed by atoms with E-state index < -0.39 is 12.1 Å². The van der Waals surface area contributed by atoms with Crippen molar-refractivity contribution in [2.24, 2.45) is 0 Å². The number of hydrogen-bond acceptors (Lipinski definition) is 7. The normalized spacial score (nSPS) is 11.3. The third-order valence-corrected chi connectivity index (χ3v) is 4.46. The van der Waals surface area contributed by atoms with E-state index in [1.54, 1.807) is 48.5 Å². The fourth-order valence-electron chi connectivity index (χ4n) is 2.84. The fourth-order valence-corrected chi connectivity index (χ4v) is 2.84. The first-order valence-electron chi connectivity index (χ1n) is 9.57. The molecule has 160 valence electrons. The molecule has 0 aromatic heterocycles. The number of carbonyl (C=O) groups excluding carboxylic acids is 3. The number of methoxy groups -OCH3 is 3. The Balaban J connectivity index is 2.21. The number of rotatable bonds is 11. The zero-order valence-corrected chi connectivity index (χ0v) is 17.4. The summed E-state index contributed by atoms with van der Waals surface area (Å²) in [5, 5.41) is 0. The van der Waals surface area contributed by atoms with Crippen LogP contribution in [0.3, 0.4) is 0 Å². The third-order valence-electron chi connectivity index (χ3n) is 4.46. The smallest absolute Gasteiger partial charge is 0.306 e. The van der Waals surface area contributed by atoms with Gasteiger partial charge in [0.1, 0.15) is 11.5 Å². The van der Waals surface area contributed by atoms with Crippen molar-refractivity contribution < 1.29 is 33.3 Å². The SMILES string of the molecule is COC(=O)CCCCC(=O)OC(C(=O)c1ccccc1)c1cc(OC)cc(OC)c1. The standard InChI is InChI=1S/C23H26O7/c1-27-18-13-17(14-19(15-18)28-2)23(22(26)16-9-5-4-6-10-16)30-21(25)12-8-7-11-20(24)29-3/h4-6,9-10,13-15,23H,7-8,11-12H2,1-3H3. The van der Waals surface area contributed by atoms with Crippen molar-refractivity contribution in [1.82, 2.24) is 0 Å². The van der Waals surface area contributed by atoms with Crippen LogP contribution in [0, 0.1) is 0 Å². The summed E-state index contributed by atoms with van der Waals surface area (Å²) in [7, 11) is 4.32. The van der Waals surface area contributed by atoms with Gasteiger partial charge >= 0.3 is 11.9 Å². The predicted octanol–water partition coefficient (Wildman–Crippen LogP) is 3.90. The van der Waals surface area contributed by atoms with Crippen LogP contribution >= 0.6 is 0 Å². The molecule has 2 aromatic carbocycles. The quantitative estimate of drug-likeness (QED) is 0.313. The number of unbranched alkanes of at least 4 members (excludes halogenated alkanes) is 1. The number of Topliss-reactive ketones (excluding diaryl/α,β-unsaturated/α-hetero) is 1. The average molecular weight is 414 g/mol. The molecular formula is C23H26O7. The van der Waals surface area contributed by atoms with Crippen molar-refractivity contribution in [3.8, 4) is 11.5 Å². The molecule has 0 saturated heterocycles. The molecule has 0 spiro atoms. The maximum Gasteiger partial charge on any atom is 0.306 e. The Hall–Kier alpha value is -3.35. The molecule has 2 rings (SSSR count). The van der Waals surface area contributed by atoms with Crippen LogP contribution in [0.15, 0.2) is 48.5 Å². The molecule has 0 saturated carbocycles. The van der Waals surface area contributed by atoms with Gasteiger partial charge in [-0.15, -0.1) is 0 Å². The van der Waals surface area contributed by atoms with Crippen LogP contribution in [0.25, 0.3) is 0 Å². The first-order chi connectivity index (χ1) is 14.5. The van der Waals surface area contributed by atoms with Crippen LogP contribution in [0.2, 0.25) is 0 Å². The van der Waals surface area contributed by atoms with Crippen LogP contribution in [-0.2, 0) is 19.1 Å². The Morgan fingerprint density at radius 3 is 1.90 bits per heavy atom. The minimum absolute atomic E-state index is 0.0800. The summed E-state index contributed by atoms with van der Waals surface area (Å²) < 4.78 is 20.7. The maximum atomic E-state index is 13.1. The second-order valence-corrected chi connectivity index (χ2v) is 6.53. The van der Waals surface area contributed by atoms with Gasteiger partial charge in [-0.2, -0.15) is 0 Å². The zero-order chi connectivity index (χ0) is 21.9. The summed E-state index contributed by atoms with van der Waals surface area (Å²) in [6.45, 7) is 0. The highest BCUT2D eigenvalue weighted by atomic mass is 16.5. The lowest BCUT2D eigenvalue weighted by atomic mass is 9.99. The second kappa shape index (κ2) is 11.6. The number of carbonyl (C=O) groups is 3. The number of benzene rings is 2. The van der Waals surface area contributed by atoms with Gasteiger partial charge in [-0.1, -0.05) is 30.3 Å². The van der Waals surface area contributed by atoms with Gasteiger partial charge in [0.25, 0.3) is 0 Å². The van der Waals surface area contributed by atoms with Gasteiger partial charge in [-0.3, -0.25) is 14.4 Å². The van der Waals surface area contributed by atoms with Crippen LogP contribution in [0.4, 0.5) is 0 Å². The molecule has 1 unspecified atom stereocenters. The Kier molecular flexibility index (Phi) is 8.87. The van der Waals surface area contributed by atoms with Crippen molar-refractivity contribution in [2.45, 2.75) is 31.8 Å². The molecule has 0 aliphatic heterocycles. The molecular weight excluding hydrogens is 388 g/mol. The molecule has 0 fully saturated rings. The molecule has 0 N–H and O–H groups in total. The molecule has 7 nitrogen and oxygen atoms in total. The zero-order valence-electron chi connectivity index (χ0n) is 17.4. The van der Waals surface area contributed by atoms with Crippen molar-refractivity contribution >= 4 is 17.7 Å². The minimum Gasteiger partial charge on any atom is -0.497 e. The van der Waals surface area contributed by atoms with Gasteiger partial charge in [0.2, 0.25) is 5.78 Å². The van der Waals surface area contributed by atoms with E-state index >= 15 is 0 Å². The van der Waals surface area contributed by atoms with E-state index in [1.165, 1.54) is 21.3 Å². The predicted molar refractivity (Wildman–Crippen MR) is 110 cm³/mol. The van der Waals surface area contributed by atoms with E-state index in [-0.39, 0.29) is 24.6 Å². The second-order valence-electron chi connectivity index (χ2n) is 6.53. The summed E-state index contributed by atoms with van der Waals surface area (Å²) in [6, 6.07) is 13.6. The number of ether oxygens (including phenoxy) is 4. The first kappa shape index (κ1) is 22.9. The van der Waals surface area contributed by atoms with E-state index in [2.05, 4.69) is 4.74 Å². The lowest BCUT2D eigenvalue weighted by molar-refractivity contribution is -0.148. The summed E-state index contributed by atoms with van der Waals surface area (Å²) in [4.78, 5) is 36.7. The summed E-state index contributed by atoms with van der Waals surface area (Å²) >= 11 is 0. The van der Waals surface area contributed by atoms with Gasteiger partial charge in [-0.25, -0.2) is 0 Å². The van der Waals surface area contributed by atoms with Crippen LogP contribution < -0.4 is 9.47 Å². The lowest BCUT2D eigenvalue weighted by Crippen LogP contribution is -2.20. The molecule has 0 heterocycles. The van der Waals surface area contributed by atoms with E-state index in [9.17, 15) is 14.4 Å². The van der Waals surface area contributed by atoms with Gasteiger partial charge in [0.15, 0.2) is 6.10 Å². The molecule has 7 heteroatoms. The Bertz CT molecular complexity index is 839. The third kappa shape index (κ3) is 6.62. The van der Waals surface area contributed by atoms with Crippen LogP contribution in [0.5, 0.6) is 11.5 Å². The van der Waals surface area contributed by atoms with Crippen LogP contribution in [0.1, 0.15) is 47.7 Å². The summed E-state index contributed by atoms with van der Waals surface area (Å²) in [5.41, 5.74) is 0.866. The molecule has 0 bridgehead atoms. The summed E-state index contributed by atoms with van der Waals surface area (Å²) in [5.74, 6) is -0.262. The van der Waals surface area contributed by atoms with Gasteiger partial charge < -0.3 is 18.9 Å². The van der Waals surface area contributed by atoms with E-state index in [1.807, 2.05) is 0 Å². The number of ketones is 1. The highest BCUT2D eigenvalue weighted by molar-refractivity contribution is 6.01. The summed E-state index contributed by atoms with van der Waals surface area (Å²) in [6.07, 6.45) is 0.0950. The number of hydrogen-bond donors (Lipinski definition) is 0. The van der Waals surface area contributed by atoms with Crippen molar-refractivity contribution in [1.29, 1.82) is 0 Å².